The van der Waals surface area contributed by atoms with Gasteiger partial charge in [-0.2, -0.15) is 5.10 Å². The van der Waals surface area contributed by atoms with Crippen LogP contribution < -0.4 is 15.2 Å². The third kappa shape index (κ3) is 3.55. The summed E-state index contributed by atoms with van der Waals surface area (Å²) in [6.07, 6.45) is 0.915. The van der Waals surface area contributed by atoms with Crippen LogP contribution in [-0.4, -0.2) is 16.9 Å². The van der Waals surface area contributed by atoms with E-state index in [-0.39, 0.29) is 6.04 Å². The van der Waals surface area contributed by atoms with Crippen LogP contribution in [0.5, 0.6) is 11.5 Å². The molecular formula is C16H23N3O2. The highest BCUT2D eigenvalue weighted by Gasteiger charge is 2.11. The molecule has 114 valence electrons. The fraction of sp³-hybridized carbons (Fsp3) is 0.438. The number of nitrogens with zero attached hydrogens (tertiary/aromatic N) is 2. The normalized spacial score (nSPS) is 12.2. The summed E-state index contributed by atoms with van der Waals surface area (Å²) in [5.41, 5.74) is 9.06. The van der Waals surface area contributed by atoms with Crippen LogP contribution in [0.1, 0.15) is 36.8 Å². The zero-order valence-electron chi connectivity index (χ0n) is 13.1. The number of hydrogen-bond donors (Lipinski definition) is 1. The average Bonchev–Trinajstić information content (AvgIpc) is 2.85. The lowest BCUT2D eigenvalue weighted by molar-refractivity contribution is 0.288. The molecule has 0 radical (unpaired) electrons. The van der Waals surface area contributed by atoms with Crippen LogP contribution in [0.2, 0.25) is 0 Å². The third-order valence-corrected chi connectivity index (χ3v) is 3.48. The fourth-order valence-electron chi connectivity index (χ4n) is 2.17. The maximum atomic E-state index is 5.99. The number of ether oxygens (including phenoxy) is 2. The third-order valence-electron chi connectivity index (χ3n) is 3.48. The highest BCUT2D eigenvalue weighted by molar-refractivity contribution is 5.42. The van der Waals surface area contributed by atoms with Crippen molar-refractivity contribution in [3.05, 3.63) is 41.2 Å². The summed E-state index contributed by atoms with van der Waals surface area (Å²) < 4.78 is 13.0. The van der Waals surface area contributed by atoms with Crippen LogP contribution in [0, 0.1) is 0 Å². The van der Waals surface area contributed by atoms with E-state index < -0.39 is 0 Å². The molecule has 0 aliphatic rings. The van der Waals surface area contributed by atoms with Gasteiger partial charge in [-0.3, -0.25) is 4.68 Å². The van der Waals surface area contributed by atoms with E-state index in [0.717, 1.165) is 34.9 Å². The van der Waals surface area contributed by atoms with Crippen molar-refractivity contribution in [3.63, 3.8) is 0 Å². The molecule has 1 aromatic heterocycles. The zero-order valence-corrected chi connectivity index (χ0v) is 13.1. The second kappa shape index (κ2) is 6.63. The van der Waals surface area contributed by atoms with Crippen molar-refractivity contribution in [3.8, 4) is 11.5 Å². The Balaban J connectivity index is 2.19. The molecule has 0 aliphatic heterocycles. The van der Waals surface area contributed by atoms with Crippen LogP contribution >= 0.6 is 0 Å². The number of methoxy groups -OCH3 is 1. The molecule has 2 N–H and O–H groups in total. The second-order valence-electron chi connectivity index (χ2n) is 5.09. The Morgan fingerprint density at radius 3 is 2.67 bits per heavy atom. The minimum absolute atomic E-state index is 0.0938. The molecule has 0 bridgehead atoms. The smallest absolute Gasteiger partial charge is 0.130 e. The molecule has 2 rings (SSSR count). The van der Waals surface area contributed by atoms with Gasteiger partial charge in [-0.25, -0.2) is 0 Å². The van der Waals surface area contributed by atoms with Crippen LogP contribution in [0.3, 0.4) is 0 Å². The molecule has 5 heteroatoms. The molecule has 21 heavy (non-hydrogen) atoms. The second-order valence-corrected chi connectivity index (χ2v) is 5.09. The maximum absolute atomic E-state index is 5.99. The standard InChI is InChI=1S/C16H23N3O2/c1-5-12-8-13(19(3)18-12)10-21-16-9-14(20-4)6-7-15(16)11(2)17/h6-9,11H,5,10,17H2,1-4H3. The van der Waals surface area contributed by atoms with Crippen LogP contribution in [0.4, 0.5) is 0 Å². The number of rotatable bonds is 6. The average molecular weight is 289 g/mol. The SMILES string of the molecule is CCc1cc(COc2cc(OC)ccc2C(C)N)n(C)n1. The summed E-state index contributed by atoms with van der Waals surface area (Å²) in [4.78, 5) is 0. The minimum Gasteiger partial charge on any atom is -0.497 e. The van der Waals surface area contributed by atoms with Gasteiger partial charge in [0.1, 0.15) is 18.1 Å². The molecule has 2 aromatic rings. The first kappa shape index (κ1) is 15.4. The molecular weight excluding hydrogens is 266 g/mol. The van der Waals surface area contributed by atoms with Crippen molar-refractivity contribution < 1.29 is 9.47 Å². The zero-order chi connectivity index (χ0) is 15.4. The Morgan fingerprint density at radius 1 is 1.33 bits per heavy atom. The van der Waals surface area contributed by atoms with Crippen molar-refractivity contribution in [2.24, 2.45) is 12.8 Å². The van der Waals surface area contributed by atoms with Crippen molar-refractivity contribution >= 4 is 0 Å². The monoisotopic (exact) mass is 289 g/mol. The molecule has 1 atom stereocenters. The predicted molar refractivity (Wildman–Crippen MR) is 82.5 cm³/mol. The largest absolute Gasteiger partial charge is 0.497 e. The Labute approximate surface area is 125 Å². The summed E-state index contributed by atoms with van der Waals surface area (Å²) in [7, 11) is 3.56. The van der Waals surface area contributed by atoms with Crippen molar-refractivity contribution in [1.29, 1.82) is 0 Å². The first-order valence-corrected chi connectivity index (χ1v) is 7.13. The van der Waals surface area contributed by atoms with Gasteiger partial charge in [0.15, 0.2) is 0 Å². The van der Waals surface area contributed by atoms with E-state index in [1.165, 1.54) is 0 Å². The van der Waals surface area contributed by atoms with Crippen molar-refractivity contribution in [2.75, 3.05) is 7.11 Å². The summed E-state index contributed by atoms with van der Waals surface area (Å²) >= 11 is 0. The Kier molecular flexibility index (Phi) is 4.85. The van der Waals surface area contributed by atoms with Crippen molar-refractivity contribution in [1.82, 2.24) is 9.78 Å². The molecule has 1 unspecified atom stereocenters. The van der Waals surface area contributed by atoms with Gasteiger partial charge < -0.3 is 15.2 Å². The van der Waals surface area contributed by atoms with Gasteiger partial charge in [0, 0.05) is 24.7 Å². The molecule has 0 spiro atoms. The number of nitrogens with two attached hydrogens (primary N) is 1. The van der Waals surface area contributed by atoms with E-state index in [1.54, 1.807) is 7.11 Å². The van der Waals surface area contributed by atoms with Gasteiger partial charge in [-0.05, 0) is 25.5 Å². The first-order chi connectivity index (χ1) is 10.0. The Hall–Kier alpha value is -2.01. The lowest BCUT2D eigenvalue weighted by atomic mass is 10.1. The summed E-state index contributed by atoms with van der Waals surface area (Å²) in [6.45, 7) is 4.48. The Morgan fingerprint density at radius 2 is 2.10 bits per heavy atom. The van der Waals surface area contributed by atoms with E-state index >= 15 is 0 Å². The number of aryl methyl sites for hydroxylation is 2. The maximum Gasteiger partial charge on any atom is 0.130 e. The van der Waals surface area contributed by atoms with E-state index in [2.05, 4.69) is 18.1 Å². The summed E-state index contributed by atoms with van der Waals surface area (Å²) in [6, 6.07) is 7.68. The fourth-order valence-corrected chi connectivity index (χ4v) is 2.17. The highest BCUT2D eigenvalue weighted by atomic mass is 16.5. The number of hydrogen-bond acceptors (Lipinski definition) is 4. The van der Waals surface area contributed by atoms with Gasteiger partial charge in [-0.1, -0.05) is 13.0 Å². The first-order valence-electron chi connectivity index (χ1n) is 7.13. The lowest BCUT2D eigenvalue weighted by Crippen LogP contribution is -2.09. The van der Waals surface area contributed by atoms with E-state index in [0.29, 0.717) is 6.61 Å². The van der Waals surface area contributed by atoms with Gasteiger partial charge in [-0.15, -0.1) is 0 Å². The van der Waals surface area contributed by atoms with Gasteiger partial charge in [0.25, 0.3) is 0 Å². The van der Waals surface area contributed by atoms with E-state index in [9.17, 15) is 0 Å². The van der Waals surface area contributed by atoms with Crippen LogP contribution in [0.15, 0.2) is 24.3 Å². The number of aromatic nitrogens is 2. The topological polar surface area (TPSA) is 62.3 Å². The van der Waals surface area contributed by atoms with Gasteiger partial charge in [0.05, 0.1) is 18.5 Å². The van der Waals surface area contributed by atoms with Gasteiger partial charge >= 0.3 is 0 Å². The molecule has 0 saturated heterocycles. The lowest BCUT2D eigenvalue weighted by Gasteiger charge is -2.15. The molecule has 5 nitrogen and oxygen atoms in total. The summed E-state index contributed by atoms with van der Waals surface area (Å²) in [5, 5.41) is 4.42. The molecule has 0 saturated carbocycles. The highest BCUT2D eigenvalue weighted by Crippen LogP contribution is 2.29. The predicted octanol–water partition coefficient (Wildman–Crippen LogP) is 2.59. The molecule has 0 aliphatic carbocycles. The molecule has 0 fully saturated rings. The van der Waals surface area contributed by atoms with Crippen LogP contribution in [-0.2, 0) is 20.1 Å². The van der Waals surface area contributed by atoms with E-state index in [4.69, 9.17) is 15.2 Å². The number of benzene rings is 1. The molecule has 1 heterocycles. The molecule has 1 aromatic carbocycles. The molecule has 0 amide bonds. The minimum atomic E-state index is -0.0938. The quantitative estimate of drug-likeness (QED) is 0.888. The Bertz CT molecular complexity index is 606. The van der Waals surface area contributed by atoms with Gasteiger partial charge in [0.2, 0.25) is 0 Å². The van der Waals surface area contributed by atoms with E-state index in [1.807, 2.05) is 36.9 Å². The summed E-state index contributed by atoms with van der Waals surface area (Å²) in [5.74, 6) is 1.51. The van der Waals surface area contributed by atoms with Crippen molar-refractivity contribution in [2.45, 2.75) is 32.9 Å². The van der Waals surface area contributed by atoms with Crippen LogP contribution in [0.25, 0.3) is 0 Å².